The van der Waals surface area contributed by atoms with Gasteiger partial charge in [-0.1, -0.05) is 26.7 Å². The van der Waals surface area contributed by atoms with Gasteiger partial charge in [-0.05, 0) is 42.5 Å². The number of ether oxygens (including phenoxy) is 1. The highest BCUT2D eigenvalue weighted by Gasteiger charge is 2.42. The van der Waals surface area contributed by atoms with Crippen LogP contribution in [0.3, 0.4) is 0 Å². The lowest BCUT2D eigenvalue weighted by Gasteiger charge is -2.39. The second kappa shape index (κ2) is 9.94. The Labute approximate surface area is 182 Å². The van der Waals surface area contributed by atoms with Gasteiger partial charge in [0.2, 0.25) is 5.91 Å². The van der Waals surface area contributed by atoms with E-state index in [-0.39, 0.29) is 24.3 Å². The molecule has 2 N–H and O–H groups in total. The van der Waals surface area contributed by atoms with E-state index in [0.717, 1.165) is 12.8 Å². The van der Waals surface area contributed by atoms with Crippen LogP contribution in [0.5, 0.6) is 0 Å². The Balaban J connectivity index is 1.47. The molecule has 1 aromatic carbocycles. The van der Waals surface area contributed by atoms with E-state index in [1.165, 1.54) is 6.42 Å². The van der Waals surface area contributed by atoms with Crippen LogP contribution in [0.4, 0.5) is 5.69 Å². The number of benzene rings is 1. The molecule has 1 aliphatic carbocycles. The molecule has 0 bridgehead atoms. The van der Waals surface area contributed by atoms with Crippen molar-refractivity contribution in [3.8, 4) is 0 Å². The van der Waals surface area contributed by atoms with Crippen LogP contribution in [-0.4, -0.2) is 54.8 Å². The Morgan fingerprint density at radius 1 is 1.13 bits per heavy atom. The third-order valence-electron chi connectivity index (χ3n) is 6.56. The fourth-order valence-electron chi connectivity index (χ4n) is 4.50. The molecule has 31 heavy (non-hydrogen) atoms. The summed E-state index contributed by atoms with van der Waals surface area (Å²) in [6.07, 6.45) is 3.38. The van der Waals surface area contributed by atoms with Gasteiger partial charge in [-0.25, -0.2) is 0 Å². The van der Waals surface area contributed by atoms with Gasteiger partial charge in [0.1, 0.15) is 0 Å². The molecule has 0 radical (unpaired) electrons. The number of nitrogens with zero attached hydrogens (tertiary/aromatic N) is 1. The molecule has 8 nitrogen and oxygen atoms in total. The highest BCUT2D eigenvalue weighted by molar-refractivity contribution is 5.96. The van der Waals surface area contributed by atoms with Gasteiger partial charge in [0.25, 0.3) is 11.8 Å². The minimum Gasteiger partial charge on any atom is -0.455 e. The van der Waals surface area contributed by atoms with E-state index in [2.05, 4.69) is 24.5 Å². The lowest BCUT2D eigenvalue weighted by Crippen LogP contribution is -2.45. The number of anilines is 1. The Hall–Kier alpha value is -2.90. The average molecular weight is 430 g/mol. The van der Waals surface area contributed by atoms with Gasteiger partial charge in [-0.2, -0.15) is 0 Å². The zero-order valence-electron chi connectivity index (χ0n) is 18.3. The Morgan fingerprint density at radius 3 is 2.52 bits per heavy atom. The SMILES string of the molecule is CNC(=O)c1ccc(NC(=O)COC(=O)[C@@H]2CC(=O)N([C@@H]3CCC[C@H](C)[C@H]3C)C2)cc1. The maximum absolute atomic E-state index is 12.5. The van der Waals surface area contributed by atoms with Crippen LogP contribution < -0.4 is 10.6 Å². The molecule has 2 fully saturated rings. The summed E-state index contributed by atoms with van der Waals surface area (Å²) in [5.41, 5.74) is 0.973. The second-order valence-electron chi connectivity index (χ2n) is 8.59. The van der Waals surface area contributed by atoms with Crippen LogP contribution in [0.2, 0.25) is 0 Å². The van der Waals surface area contributed by atoms with Gasteiger partial charge < -0.3 is 20.3 Å². The predicted octanol–water partition coefficient (Wildman–Crippen LogP) is 2.20. The molecule has 1 aromatic rings. The third kappa shape index (κ3) is 5.42. The van der Waals surface area contributed by atoms with E-state index < -0.39 is 24.4 Å². The number of nitrogens with one attached hydrogen (secondary N) is 2. The Bertz CT molecular complexity index is 838. The van der Waals surface area contributed by atoms with Crippen LogP contribution >= 0.6 is 0 Å². The molecule has 1 saturated heterocycles. The molecular formula is C23H31N3O5. The third-order valence-corrected chi connectivity index (χ3v) is 6.56. The summed E-state index contributed by atoms with van der Waals surface area (Å²) >= 11 is 0. The van der Waals surface area contributed by atoms with Gasteiger partial charge in [-0.15, -0.1) is 0 Å². The molecule has 0 unspecified atom stereocenters. The molecular weight excluding hydrogens is 398 g/mol. The summed E-state index contributed by atoms with van der Waals surface area (Å²) in [6.45, 7) is 4.34. The molecule has 0 spiro atoms. The van der Waals surface area contributed by atoms with Crippen LogP contribution in [-0.2, 0) is 19.1 Å². The highest BCUT2D eigenvalue weighted by Crippen LogP contribution is 2.35. The highest BCUT2D eigenvalue weighted by atomic mass is 16.5. The molecule has 2 aliphatic rings. The van der Waals surface area contributed by atoms with Gasteiger partial charge in [0, 0.05) is 37.3 Å². The summed E-state index contributed by atoms with van der Waals surface area (Å²) in [7, 11) is 1.54. The fourth-order valence-corrected chi connectivity index (χ4v) is 4.50. The second-order valence-corrected chi connectivity index (χ2v) is 8.59. The minimum atomic E-state index is -0.531. The van der Waals surface area contributed by atoms with Crippen molar-refractivity contribution in [3.05, 3.63) is 29.8 Å². The lowest BCUT2D eigenvalue weighted by atomic mass is 9.77. The zero-order chi connectivity index (χ0) is 22.5. The Kier molecular flexibility index (Phi) is 7.30. The molecule has 1 aliphatic heterocycles. The fraction of sp³-hybridized carbons (Fsp3) is 0.565. The van der Waals surface area contributed by atoms with Gasteiger partial charge in [-0.3, -0.25) is 19.2 Å². The van der Waals surface area contributed by atoms with Crippen molar-refractivity contribution >= 4 is 29.4 Å². The molecule has 1 saturated carbocycles. The summed E-state index contributed by atoms with van der Waals surface area (Å²) < 4.78 is 5.18. The average Bonchev–Trinajstić information content (AvgIpc) is 3.15. The maximum Gasteiger partial charge on any atom is 0.311 e. The van der Waals surface area contributed by atoms with Crippen LogP contribution in [0.25, 0.3) is 0 Å². The number of rotatable bonds is 6. The maximum atomic E-state index is 12.5. The van der Waals surface area contributed by atoms with E-state index in [1.807, 2.05) is 4.90 Å². The summed E-state index contributed by atoms with van der Waals surface area (Å²) in [5, 5.41) is 5.15. The van der Waals surface area contributed by atoms with Crippen LogP contribution in [0.15, 0.2) is 24.3 Å². The number of amides is 3. The molecule has 168 valence electrons. The number of hydrogen-bond acceptors (Lipinski definition) is 5. The summed E-state index contributed by atoms with van der Waals surface area (Å²) in [5.74, 6) is -0.775. The van der Waals surface area contributed by atoms with E-state index in [9.17, 15) is 19.2 Å². The first kappa shape index (κ1) is 22.8. The standard InChI is InChI=1S/C23H31N3O5/c1-14-5-4-6-19(15(14)2)26-12-17(11-21(26)28)23(30)31-13-20(27)25-18-9-7-16(8-10-18)22(29)24-3/h7-10,14-15,17,19H,4-6,11-13H2,1-3H3,(H,24,29)(H,25,27)/t14-,15+,17+,19+/m0/s1. The Morgan fingerprint density at radius 2 is 1.84 bits per heavy atom. The van der Waals surface area contributed by atoms with Gasteiger partial charge in [0.15, 0.2) is 6.61 Å². The van der Waals surface area contributed by atoms with E-state index in [4.69, 9.17) is 4.74 Å². The van der Waals surface area contributed by atoms with Crippen LogP contribution in [0.1, 0.15) is 49.9 Å². The van der Waals surface area contributed by atoms with Gasteiger partial charge in [0.05, 0.1) is 5.92 Å². The van der Waals surface area contributed by atoms with E-state index in [0.29, 0.717) is 29.6 Å². The first-order chi connectivity index (χ1) is 14.8. The van der Waals surface area contributed by atoms with Crippen molar-refractivity contribution in [2.45, 2.75) is 45.6 Å². The van der Waals surface area contributed by atoms with Gasteiger partial charge >= 0.3 is 5.97 Å². The first-order valence-electron chi connectivity index (χ1n) is 10.9. The molecule has 4 atom stereocenters. The smallest absolute Gasteiger partial charge is 0.311 e. The van der Waals surface area contributed by atoms with Crippen molar-refractivity contribution < 1.29 is 23.9 Å². The van der Waals surface area contributed by atoms with Crippen molar-refractivity contribution in [1.29, 1.82) is 0 Å². The number of hydrogen-bond donors (Lipinski definition) is 2. The van der Waals surface area contributed by atoms with Crippen LogP contribution in [0, 0.1) is 17.8 Å². The first-order valence-corrected chi connectivity index (χ1v) is 10.9. The summed E-state index contributed by atoms with van der Waals surface area (Å²) in [4.78, 5) is 50.5. The largest absolute Gasteiger partial charge is 0.455 e. The lowest BCUT2D eigenvalue weighted by molar-refractivity contribution is -0.151. The zero-order valence-corrected chi connectivity index (χ0v) is 18.3. The molecule has 8 heteroatoms. The monoisotopic (exact) mass is 429 g/mol. The van der Waals surface area contributed by atoms with Crippen molar-refractivity contribution in [3.63, 3.8) is 0 Å². The normalized spacial score (nSPS) is 25.8. The van der Waals surface area contributed by atoms with Crippen molar-refractivity contribution in [2.75, 3.05) is 25.5 Å². The number of carbonyl (C=O) groups is 4. The number of likely N-dealkylation sites (tertiary alicyclic amines) is 1. The predicted molar refractivity (Wildman–Crippen MR) is 115 cm³/mol. The topological polar surface area (TPSA) is 105 Å². The molecule has 0 aromatic heterocycles. The molecule has 1 heterocycles. The van der Waals surface area contributed by atoms with E-state index >= 15 is 0 Å². The molecule has 3 amide bonds. The van der Waals surface area contributed by atoms with E-state index in [1.54, 1.807) is 31.3 Å². The minimum absolute atomic E-state index is 0.00597. The van der Waals surface area contributed by atoms with Crippen molar-refractivity contribution in [1.82, 2.24) is 10.2 Å². The molecule has 3 rings (SSSR count). The quantitative estimate of drug-likeness (QED) is 0.675. The van der Waals surface area contributed by atoms with Crippen molar-refractivity contribution in [2.24, 2.45) is 17.8 Å². The number of carbonyl (C=O) groups excluding carboxylic acids is 4. The summed E-state index contributed by atoms with van der Waals surface area (Å²) in [6, 6.07) is 6.56. The number of esters is 1.